The van der Waals surface area contributed by atoms with Gasteiger partial charge in [-0.25, -0.2) is 0 Å². The zero-order valence-electron chi connectivity index (χ0n) is 12.5. The third-order valence-corrected chi connectivity index (χ3v) is 3.82. The Hall–Kier alpha value is -3.20. The summed E-state index contributed by atoms with van der Waals surface area (Å²) in [6.07, 6.45) is 0.899. The quantitative estimate of drug-likeness (QED) is 0.432. The Kier molecular flexibility index (Phi) is 4.02. The van der Waals surface area contributed by atoms with E-state index in [4.69, 9.17) is 11.1 Å². The van der Waals surface area contributed by atoms with Crippen LogP contribution in [0, 0.1) is 5.41 Å². The van der Waals surface area contributed by atoms with Crippen molar-refractivity contribution in [2.45, 2.75) is 0 Å². The number of nitrogens with one attached hydrogen (secondary N) is 1. The van der Waals surface area contributed by atoms with Crippen LogP contribution in [0.1, 0.15) is 15.9 Å². The molecule has 0 bridgehead atoms. The van der Waals surface area contributed by atoms with Crippen molar-refractivity contribution in [3.05, 3.63) is 83.9 Å². The van der Waals surface area contributed by atoms with Gasteiger partial charge in [0.1, 0.15) is 5.84 Å². The summed E-state index contributed by atoms with van der Waals surface area (Å²) < 4.78 is 0. The van der Waals surface area contributed by atoms with Crippen LogP contribution in [-0.2, 0) is 0 Å². The maximum atomic E-state index is 11.7. The van der Waals surface area contributed by atoms with Crippen molar-refractivity contribution in [2.75, 3.05) is 0 Å². The first-order valence-electron chi connectivity index (χ1n) is 7.29. The Morgan fingerprint density at radius 3 is 1.87 bits per heavy atom. The van der Waals surface area contributed by atoms with Crippen LogP contribution in [0.25, 0.3) is 22.3 Å². The lowest BCUT2D eigenvalue weighted by molar-refractivity contribution is 0.112. The van der Waals surface area contributed by atoms with E-state index in [2.05, 4.69) is 0 Å². The van der Waals surface area contributed by atoms with Crippen molar-refractivity contribution >= 4 is 12.1 Å². The second kappa shape index (κ2) is 6.28. The molecule has 3 aromatic carbocycles. The Morgan fingerprint density at radius 1 is 0.783 bits per heavy atom. The summed E-state index contributed by atoms with van der Waals surface area (Å²) in [7, 11) is 0. The van der Waals surface area contributed by atoms with Crippen LogP contribution in [0.2, 0.25) is 0 Å². The number of carbonyl (C=O) groups is 1. The SMILES string of the molecule is N=C(N)c1ccc(-c2cccc(-c3ccccc3)c2C=O)cc1. The zero-order chi connectivity index (χ0) is 16.2. The van der Waals surface area contributed by atoms with Gasteiger partial charge in [0.15, 0.2) is 6.29 Å². The highest BCUT2D eigenvalue weighted by Crippen LogP contribution is 2.31. The standard InChI is InChI=1S/C20H16N2O/c21-20(22)16-11-9-15(10-12-16)18-8-4-7-17(19(18)13-23)14-5-2-1-3-6-14/h1-13H,(H3,21,22). The van der Waals surface area contributed by atoms with Gasteiger partial charge in [-0.05, 0) is 22.3 Å². The first-order chi connectivity index (χ1) is 11.2. The average molecular weight is 300 g/mol. The first kappa shape index (κ1) is 14.7. The van der Waals surface area contributed by atoms with E-state index in [0.29, 0.717) is 11.1 Å². The van der Waals surface area contributed by atoms with Crippen molar-refractivity contribution in [1.82, 2.24) is 0 Å². The Bertz CT molecular complexity index is 853. The third-order valence-electron chi connectivity index (χ3n) is 3.82. The molecule has 0 aromatic heterocycles. The molecule has 3 N–H and O–H groups in total. The minimum absolute atomic E-state index is 0.0326. The van der Waals surface area contributed by atoms with Crippen LogP contribution >= 0.6 is 0 Å². The Morgan fingerprint density at radius 2 is 1.35 bits per heavy atom. The molecule has 0 unspecified atom stereocenters. The van der Waals surface area contributed by atoms with Gasteiger partial charge in [0, 0.05) is 11.1 Å². The molecule has 0 saturated heterocycles. The number of nitrogens with two attached hydrogens (primary N) is 1. The number of rotatable bonds is 4. The fourth-order valence-corrected chi connectivity index (χ4v) is 2.64. The van der Waals surface area contributed by atoms with Crippen LogP contribution in [0.5, 0.6) is 0 Å². The van der Waals surface area contributed by atoms with Crippen LogP contribution in [0.3, 0.4) is 0 Å². The minimum Gasteiger partial charge on any atom is -0.384 e. The molecule has 0 radical (unpaired) electrons. The molecule has 0 aliphatic heterocycles. The molecule has 0 heterocycles. The summed E-state index contributed by atoms with van der Waals surface area (Å²) in [4.78, 5) is 11.7. The van der Waals surface area contributed by atoms with Crippen molar-refractivity contribution in [3.63, 3.8) is 0 Å². The van der Waals surface area contributed by atoms with Gasteiger partial charge in [0.05, 0.1) is 0 Å². The summed E-state index contributed by atoms with van der Waals surface area (Å²) >= 11 is 0. The average Bonchev–Trinajstić information content (AvgIpc) is 2.61. The lowest BCUT2D eigenvalue weighted by atomic mass is 9.92. The number of hydrogen-bond acceptors (Lipinski definition) is 2. The molecule has 112 valence electrons. The van der Waals surface area contributed by atoms with E-state index in [9.17, 15) is 4.79 Å². The molecular formula is C20H16N2O. The maximum Gasteiger partial charge on any atom is 0.151 e. The third kappa shape index (κ3) is 2.90. The number of amidine groups is 1. The van der Waals surface area contributed by atoms with Crippen molar-refractivity contribution in [1.29, 1.82) is 5.41 Å². The summed E-state index contributed by atoms with van der Waals surface area (Å²) in [6, 6.07) is 23.0. The fraction of sp³-hybridized carbons (Fsp3) is 0. The number of carbonyl (C=O) groups excluding carboxylic acids is 1. The summed E-state index contributed by atoms with van der Waals surface area (Å²) in [5.41, 5.74) is 10.5. The molecule has 0 aliphatic rings. The van der Waals surface area contributed by atoms with Gasteiger partial charge in [-0.1, -0.05) is 72.8 Å². The molecule has 3 rings (SSSR count). The monoisotopic (exact) mass is 300 g/mol. The minimum atomic E-state index is 0.0326. The van der Waals surface area contributed by atoms with Gasteiger partial charge < -0.3 is 5.73 Å². The van der Waals surface area contributed by atoms with Crippen LogP contribution in [0.4, 0.5) is 0 Å². The number of benzene rings is 3. The Balaban J connectivity index is 2.13. The summed E-state index contributed by atoms with van der Waals surface area (Å²) in [5, 5.41) is 7.46. The highest BCUT2D eigenvalue weighted by atomic mass is 16.1. The van der Waals surface area contributed by atoms with Crippen LogP contribution in [0.15, 0.2) is 72.8 Å². The van der Waals surface area contributed by atoms with Crippen molar-refractivity contribution in [2.24, 2.45) is 5.73 Å². The van der Waals surface area contributed by atoms with Gasteiger partial charge in [-0.2, -0.15) is 0 Å². The summed E-state index contributed by atoms with van der Waals surface area (Å²) in [6.45, 7) is 0. The van der Waals surface area contributed by atoms with E-state index in [1.165, 1.54) is 0 Å². The highest BCUT2D eigenvalue weighted by Gasteiger charge is 2.11. The second-order valence-electron chi connectivity index (χ2n) is 5.24. The molecule has 0 fully saturated rings. The largest absolute Gasteiger partial charge is 0.384 e. The molecule has 0 spiro atoms. The van der Waals surface area contributed by atoms with Crippen molar-refractivity contribution in [3.8, 4) is 22.3 Å². The van der Waals surface area contributed by atoms with E-state index in [1.807, 2.05) is 60.7 Å². The first-order valence-corrected chi connectivity index (χ1v) is 7.29. The predicted molar refractivity (Wildman–Crippen MR) is 93.7 cm³/mol. The molecule has 23 heavy (non-hydrogen) atoms. The van der Waals surface area contributed by atoms with Crippen LogP contribution in [-0.4, -0.2) is 12.1 Å². The van der Waals surface area contributed by atoms with E-state index in [1.54, 1.807) is 12.1 Å². The van der Waals surface area contributed by atoms with E-state index < -0.39 is 0 Å². The van der Waals surface area contributed by atoms with Gasteiger partial charge in [0.25, 0.3) is 0 Å². The second-order valence-corrected chi connectivity index (χ2v) is 5.24. The summed E-state index contributed by atoms with van der Waals surface area (Å²) in [5.74, 6) is 0.0326. The van der Waals surface area contributed by atoms with Gasteiger partial charge in [-0.15, -0.1) is 0 Å². The number of hydrogen-bond donors (Lipinski definition) is 2. The Labute approximate surface area is 134 Å². The van der Waals surface area contributed by atoms with E-state index in [-0.39, 0.29) is 5.84 Å². The highest BCUT2D eigenvalue weighted by molar-refractivity contribution is 5.98. The van der Waals surface area contributed by atoms with E-state index in [0.717, 1.165) is 28.5 Å². The van der Waals surface area contributed by atoms with Gasteiger partial charge >= 0.3 is 0 Å². The molecule has 0 atom stereocenters. The molecule has 0 amide bonds. The number of aldehydes is 1. The van der Waals surface area contributed by atoms with Crippen LogP contribution < -0.4 is 5.73 Å². The molecular weight excluding hydrogens is 284 g/mol. The fourth-order valence-electron chi connectivity index (χ4n) is 2.64. The molecule has 0 saturated carbocycles. The van der Waals surface area contributed by atoms with E-state index >= 15 is 0 Å². The predicted octanol–water partition coefficient (Wildman–Crippen LogP) is 4.12. The van der Waals surface area contributed by atoms with Gasteiger partial charge in [0.2, 0.25) is 0 Å². The zero-order valence-corrected chi connectivity index (χ0v) is 12.5. The molecule has 0 aliphatic carbocycles. The van der Waals surface area contributed by atoms with Gasteiger partial charge in [-0.3, -0.25) is 10.2 Å². The topological polar surface area (TPSA) is 66.9 Å². The lowest BCUT2D eigenvalue weighted by Gasteiger charge is -2.11. The molecule has 3 nitrogen and oxygen atoms in total. The smallest absolute Gasteiger partial charge is 0.151 e. The van der Waals surface area contributed by atoms with Crippen molar-refractivity contribution < 1.29 is 4.79 Å². The normalized spacial score (nSPS) is 10.3. The molecule has 3 aromatic rings. The molecule has 3 heteroatoms. The number of nitrogen functional groups attached to an aromatic ring is 1. The lowest BCUT2D eigenvalue weighted by Crippen LogP contribution is -2.10. The maximum absolute atomic E-state index is 11.7.